The van der Waals surface area contributed by atoms with Crippen LogP contribution in [0.2, 0.25) is 0 Å². The number of rotatable bonds is 10. The Morgan fingerprint density at radius 2 is 1.00 bits per heavy atom. The van der Waals surface area contributed by atoms with Crippen LogP contribution in [0.5, 0.6) is 0 Å². The fourth-order valence-electron chi connectivity index (χ4n) is 5.11. The predicted octanol–water partition coefficient (Wildman–Crippen LogP) is 8.68. The van der Waals surface area contributed by atoms with E-state index in [-0.39, 0.29) is 5.41 Å². The molecule has 0 saturated carbocycles. The van der Waals surface area contributed by atoms with E-state index in [1.807, 2.05) is 0 Å². The van der Waals surface area contributed by atoms with Gasteiger partial charge in [0.1, 0.15) is 0 Å². The summed E-state index contributed by atoms with van der Waals surface area (Å²) >= 11 is 0. The average molecular weight is 387 g/mol. The van der Waals surface area contributed by atoms with Gasteiger partial charge in [0.2, 0.25) is 0 Å². The van der Waals surface area contributed by atoms with Gasteiger partial charge in [-0.2, -0.15) is 0 Å². The monoisotopic (exact) mass is 386 g/mol. The van der Waals surface area contributed by atoms with Crippen molar-refractivity contribution in [2.24, 2.45) is 0 Å². The number of benzene rings is 2. The zero-order valence-electron chi connectivity index (χ0n) is 19.0. The molecule has 0 heterocycles. The summed E-state index contributed by atoms with van der Waals surface area (Å²) in [6.07, 6.45) is 13.8. The summed E-state index contributed by atoms with van der Waals surface area (Å²) < 4.78 is 0. The fourth-order valence-corrected chi connectivity index (χ4v) is 5.11. The molecule has 1 aliphatic rings. The lowest BCUT2D eigenvalue weighted by Gasteiger charge is -2.33. The predicted molar refractivity (Wildman–Crippen MR) is 129 cm³/mol. The maximum Gasteiger partial charge on any atom is 0.0215 e. The number of hydrogen-bond acceptors (Lipinski definition) is 0. The average Bonchev–Trinajstić information content (AvgIpc) is 2.93. The van der Waals surface area contributed by atoms with Crippen molar-refractivity contribution in [3.05, 3.63) is 83.0 Å². The second kappa shape index (κ2) is 9.16. The van der Waals surface area contributed by atoms with Crippen molar-refractivity contribution >= 4 is 0 Å². The Labute approximate surface area is 178 Å². The maximum absolute atomic E-state index is 3.92. The lowest BCUT2D eigenvalue weighted by Crippen LogP contribution is -2.26. The molecule has 0 radical (unpaired) electrons. The molecule has 0 aliphatic heterocycles. The summed E-state index contributed by atoms with van der Waals surface area (Å²) in [5.74, 6) is 0. The highest BCUT2D eigenvalue weighted by atomic mass is 14.5. The second-order valence-corrected chi connectivity index (χ2v) is 9.12. The van der Waals surface area contributed by atoms with Crippen LogP contribution in [0.3, 0.4) is 0 Å². The zero-order valence-corrected chi connectivity index (χ0v) is 19.0. The molecule has 0 fully saturated rings. The number of fused-ring (bicyclic) bond motifs is 3. The quantitative estimate of drug-likeness (QED) is 0.283. The van der Waals surface area contributed by atoms with E-state index in [4.69, 9.17) is 0 Å². The molecule has 0 nitrogen and oxygen atoms in total. The van der Waals surface area contributed by atoms with Crippen LogP contribution in [0.4, 0.5) is 0 Å². The molecule has 2 aromatic carbocycles. The lowest BCUT2D eigenvalue weighted by molar-refractivity contribution is 0.408. The van der Waals surface area contributed by atoms with Gasteiger partial charge in [0.05, 0.1) is 0 Å². The first-order chi connectivity index (χ1) is 13.9. The van der Waals surface area contributed by atoms with E-state index >= 15 is 0 Å². The van der Waals surface area contributed by atoms with Crippen LogP contribution in [0, 0.1) is 27.7 Å². The second-order valence-electron chi connectivity index (χ2n) is 9.12. The Kier molecular flexibility index (Phi) is 6.83. The van der Waals surface area contributed by atoms with E-state index in [9.17, 15) is 0 Å². The van der Waals surface area contributed by atoms with Crippen molar-refractivity contribution in [3.8, 4) is 11.1 Å². The van der Waals surface area contributed by atoms with Gasteiger partial charge >= 0.3 is 0 Å². The van der Waals surface area contributed by atoms with Crippen molar-refractivity contribution in [1.82, 2.24) is 0 Å². The lowest BCUT2D eigenvalue weighted by atomic mass is 9.70. The first-order valence-corrected chi connectivity index (χ1v) is 11.4. The summed E-state index contributed by atoms with van der Waals surface area (Å²) in [7, 11) is 0. The highest BCUT2D eigenvalue weighted by Gasteiger charge is 2.42. The Morgan fingerprint density at radius 1 is 0.621 bits per heavy atom. The molecule has 3 rings (SSSR count). The zero-order chi connectivity index (χ0) is 21.0. The Balaban J connectivity index is 2.14. The molecule has 0 atom stereocenters. The van der Waals surface area contributed by atoms with Crippen LogP contribution in [0.15, 0.2) is 49.6 Å². The molecular formula is C29H38. The molecule has 1 aliphatic carbocycles. The molecule has 0 unspecified atom stereocenters. The summed E-state index contributed by atoms with van der Waals surface area (Å²) in [6, 6.07) is 9.92. The SMILES string of the molecule is C=CCCCCC1(CCCCC=C)c2cc(C)c(C)cc2-c2cc(C)c(C)cc21. The molecule has 0 amide bonds. The van der Waals surface area contributed by atoms with E-state index in [1.165, 1.54) is 71.9 Å². The van der Waals surface area contributed by atoms with Gasteiger partial charge in [-0.05, 0) is 111 Å². The number of allylic oxidation sites excluding steroid dienone is 2. The van der Waals surface area contributed by atoms with Crippen LogP contribution in [-0.4, -0.2) is 0 Å². The standard InChI is InChI=1S/C29H38/c1-7-9-11-13-15-29(16-14-12-10-8-2)27-19-23(5)21(3)17-25(27)26-18-22(4)24(6)20-28(26)29/h7-8,17-20H,1-2,9-16H2,3-6H3. The molecule has 0 bridgehead atoms. The molecule has 29 heavy (non-hydrogen) atoms. The van der Waals surface area contributed by atoms with Crippen LogP contribution < -0.4 is 0 Å². The summed E-state index contributed by atoms with van der Waals surface area (Å²) in [4.78, 5) is 0. The number of aryl methyl sites for hydroxylation is 4. The molecule has 154 valence electrons. The Hall–Kier alpha value is -2.08. The van der Waals surface area contributed by atoms with Gasteiger partial charge in [-0.15, -0.1) is 13.2 Å². The third-order valence-electron chi connectivity index (χ3n) is 7.11. The molecule has 2 aromatic rings. The third kappa shape index (κ3) is 4.13. The Morgan fingerprint density at radius 3 is 1.38 bits per heavy atom. The van der Waals surface area contributed by atoms with Gasteiger partial charge in [-0.25, -0.2) is 0 Å². The van der Waals surface area contributed by atoms with Gasteiger partial charge in [0.25, 0.3) is 0 Å². The minimum atomic E-state index is 0.157. The van der Waals surface area contributed by atoms with Crippen molar-refractivity contribution in [3.63, 3.8) is 0 Å². The minimum absolute atomic E-state index is 0.157. The molecule has 0 spiro atoms. The van der Waals surface area contributed by atoms with E-state index in [1.54, 1.807) is 11.1 Å². The molecule has 0 heteroatoms. The molecule has 0 N–H and O–H groups in total. The van der Waals surface area contributed by atoms with Crippen LogP contribution in [0.25, 0.3) is 11.1 Å². The fraction of sp³-hybridized carbons (Fsp3) is 0.448. The smallest absolute Gasteiger partial charge is 0.0215 e. The van der Waals surface area contributed by atoms with E-state index in [0.29, 0.717) is 0 Å². The van der Waals surface area contributed by atoms with Crippen molar-refractivity contribution in [1.29, 1.82) is 0 Å². The molecule has 0 aromatic heterocycles. The largest absolute Gasteiger partial charge is 0.103 e. The normalized spacial score (nSPS) is 13.8. The molecule has 0 saturated heterocycles. The van der Waals surface area contributed by atoms with Gasteiger partial charge in [-0.3, -0.25) is 0 Å². The van der Waals surface area contributed by atoms with Crippen molar-refractivity contribution in [2.45, 2.75) is 84.5 Å². The van der Waals surface area contributed by atoms with Crippen LogP contribution in [-0.2, 0) is 5.41 Å². The maximum atomic E-state index is 3.92. The van der Waals surface area contributed by atoms with Gasteiger partial charge in [-0.1, -0.05) is 49.3 Å². The van der Waals surface area contributed by atoms with E-state index in [2.05, 4.69) is 77.3 Å². The van der Waals surface area contributed by atoms with Gasteiger partial charge in [0, 0.05) is 5.41 Å². The van der Waals surface area contributed by atoms with Crippen molar-refractivity contribution in [2.75, 3.05) is 0 Å². The van der Waals surface area contributed by atoms with Crippen LogP contribution in [0.1, 0.15) is 84.7 Å². The van der Waals surface area contributed by atoms with Gasteiger partial charge < -0.3 is 0 Å². The van der Waals surface area contributed by atoms with Gasteiger partial charge in [0.15, 0.2) is 0 Å². The number of hydrogen-bond donors (Lipinski definition) is 0. The van der Waals surface area contributed by atoms with Crippen molar-refractivity contribution < 1.29 is 0 Å². The Bertz CT molecular complexity index is 821. The van der Waals surface area contributed by atoms with E-state index < -0.39 is 0 Å². The highest BCUT2D eigenvalue weighted by molar-refractivity contribution is 5.83. The topological polar surface area (TPSA) is 0 Å². The molecular weight excluding hydrogens is 348 g/mol. The summed E-state index contributed by atoms with van der Waals surface area (Å²) in [5, 5.41) is 0. The van der Waals surface area contributed by atoms with E-state index in [0.717, 1.165) is 12.8 Å². The number of unbranched alkanes of at least 4 members (excludes halogenated alkanes) is 4. The minimum Gasteiger partial charge on any atom is -0.103 e. The summed E-state index contributed by atoms with van der Waals surface area (Å²) in [6.45, 7) is 16.9. The summed E-state index contributed by atoms with van der Waals surface area (Å²) in [5.41, 5.74) is 11.9. The van der Waals surface area contributed by atoms with Crippen LogP contribution >= 0.6 is 0 Å². The first-order valence-electron chi connectivity index (χ1n) is 11.4. The highest BCUT2D eigenvalue weighted by Crippen LogP contribution is 2.55. The first kappa shape index (κ1) is 21.6. The third-order valence-corrected chi connectivity index (χ3v) is 7.11.